The van der Waals surface area contributed by atoms with Gasteiger partial charge in [-0.1, -0.05) is 40.5 Å². The number of hydrogen-bond acceptors (Lipinski definition) is 2. The largest absolute Gasteiger partial charge is 0.393 e. The minimum Gasteiger partial charge on any atom is -0.393 e. The van der Waals surface area contributed by atoms with E-state index in [1.54, 1.807) is 0 Å². The molecule has 0 heterocycles. The van der Waals surface area contributed by atoms with Gasteiger partial charge in [-0.25, -0.2) is 0 Å². The van der Waals surface area contributed by atoms with Gasteiger partial charge in [0.1, 0.15) is 0 Å². The predicted octanol–water partition coefficient (Wildman–Crippen LogP) is 5.41. The van der Waals surface area contributed by atoms with Crippen LogP contribution in [-0.4, -0.2) is 22.4 Å². The zero-order chi connectivity index (χ0) is 18.7. The highest BCUT2D eigenvalue weighted by Crippen LogP contribution is 2.68. The van der Waals surface area contributed by atoms with Crippen molar-refractivity contribution in [2.75, 3.05) is 0 Å². The van der Waals surface area contributed by atoms with Crippen molar-refractivity contribution in [1.29, 1.82) is 0 Å². The van der Waals surface area contributed by atoms with Gasteiger partial charge in [-0.2, -0.15) is 0 Å². The minimum atomic E-state index is -0.131. The molecule has 0 radical (unpaired) electrons. The molecule has 0 bridgehead atoms. The summed E-state index contributed by atoms with van der Waals surface area (Å²) >= 11 is 0. The van der Waals surface area contributed by atoms with Crippen molar-refractivity contribution < 1.29 is 10.2 Å². The van der Waals surface area contributed by atoms with Crippen LogP contribution >= 0.6 is 0 Å². The normalized spacial score (nSPS) is 54.9. The molecule has 10 atom stereocenters. The van der Waals surface area contributed by atoms with Crippen LogP contribution in [0.1, 0.15) is 91.9 Å². The Kier molecular flexibility index (Phi) is 5.01. The second-order valence-corrected chi connectivity index (χ2v) is 11.2. The number of aliphatic hydroxyl groups excluding tert-OH is 2. The van der Waals surface area contributed by atoms with Gasteiger partial charge in [0.05, 0.1) is 12.2 Å². The molecule has 2 heteroatoms. The van der Waals surface area contributed by atoms with E-state index < -0.39 is 0 Å². The molecular formula is C24H42O2. The first kappa shape index (κ1) is 19.2. The van der Waals surface area contributed by atoms with Crippen LogP contribution in [-0.2, 0) is 0 Å². The highest BCUT2D eigenvalue weighted by Gasteiger charge is 2.62. The molecule has 4 aliphatic rings. The van der Waals surface area contributed by atoms with E-state index in [1.807, 2.05) is 0 Å². The first-order valence-electron chi connectivity index (χ1n) is 11.7. The average molecular weight is 363 g/mol. The van der Waals surface area contributed by atoms with Crippen LogP contribution in [0.15, 0.2) is 0 Å². The lowest BCUT2D eigenvalue weighted by Gasteiger charge is -2.62. The third kappa shape index (κ3) is 2.72. The van der Waals surface area contributed by atoms with Crippen LogP contribution in [0.4, 0.5) is 0 Å². The van der Waals surface area contributed by atoms with Gasteiger partial charge in [0.15, 0.2) is 0 Å². The summed E-state index contributed by atoms with van der Waals surface area (Å²) in [5.41, 5.74) is 0.811. The second kappa shape index (κ2) is 6.76. The Morgan fingerprint density at radius 3 is 2.35 bits per heavy atom. The monoisotopic (exact) mass is 362 g/mol. The first-order chi connectivity index (χ1) is 12.3. The fourth-order valence-corrected chi connectivity index (χ4v) is 8.83. The van der Waals surface area contributed by atoms with Crippen LogP contribution < -0.4 is 0 Å². The lowest BCUT2D eigenvalue weighted by molar-refractivity contribution is -0.174. The molecule has 4 fully saturated rings. The van der Waals surface area contributed by atoms with Gasteiger partial charge in [0.2, 0.25) is 0 Å². The van der Waals surface area contributed by atoms with E-state index in [0.717, 1.165) is 37.0 Å². The lowest BCUT2D eigenvalue weighted by Crippen LogP contribution is -2.58. The maximum absolute atomic E-state index is 11.3. The van der Waals surface area contributed by atoms with Crippen LogP contribution in [0.5, 0.6) is 0 Å². The van der Waals surface area contributed by atoms with E-state index in [2.05, 4.69) is 27.7 Å². The standard InChI is InChI=1S/C24H42O2/c1-5-6-15(2)18-7-8-19-22-20(10-12-24(18,19)4)23(3)11-9-17(25)13-16(23)14-21(22)26/h15-22,25-26H,5-14H2,1-4H3/t15-,16?,17?,18-,19+,20+,21?,22+,23+,24-/m1/s1. The van der Waals surface area contributed by atoms with Crippen LogP contribution in [0.2, 0.25) is 0 Å². The summed E-state index contributed by atoms with van der Waals surface area (Å²) in [4.78, 5) is 0. The quantitative estimate of drug-likeness (QED) is 0.704. The Morgan fingerprint density at radius 1 is 0.923 bits per heavy atom. The molecule has 3 unspecified atom stereocenters. The second-order valence-electron chi connectivity index (χ2n) is 11.2. The zero-order valence-corrected chi connectivity index (χ0v) is 17.6. The summed E-state index contributed by atoms with van der Waals surface area (Å²) in [5.74, 6) is 4.15. The summed E-state index contributed by atoms with van der Waals surface area (Å²) in [5, 5.41) is 21.5. The molecular weight excluding hydrogens is 320 g/mol. The Morgan fingerprint density at radius 2 is 1.62 bits per heavy atom. The molecule has 4 saturated carbocycles. The van der Waals surface area contributed by atoms with Gasteiger partial charge >= 0.3 is 0 Å². The van der Waals surface area contributed by atoms with E-state index in [0.29, 0.717) is 28.6 Å². The van der Waals surface area contributed by atoms with Gasteiger partial charge < -0.3 is 10.2 Å². The third-order valence-corrected chi connectivity index (χ3v) is 10.2. The topological polar surface area (TPSA) is 40.5 Å². The SMILES string of the molecule is CCC[C@@H](C)[C@H]1CC[C@H]2[C@@H]3C(O)CC4CC(O)CC[C@]4(C)[C@H]3CC[C@]12C. The Bertz CT molecular complexity index is 518. The Labute approximate surface area is 161 Å². The van der Waals surface area contributed by atoms with E-state index in [4.69, 9.17) is 0 Å². The van der Waals surface area contributed by atoms with E-state index in [1.165, 1.54) is 44.9 Å². The van der Waals surface area contributed by atoms with Crippen molar-refractivity contribution in [2.24, 2.45) is 46.3 Å². The van der Waals surface area contributed by atoms with E-state index >= 15 is 0 Å². The lowest BCUT2D eigenvalue weighted by atomic mass is 9.43. The highest BCUT2D eigenvalue weighted by atomic mass is 16.3. The van der Waals surface area contributed by atoms with Gasteiger partial charge in [-0.15, -0.1) is 0 Å². The van der Waals surface area contributed by atoms with E-state index in [9.17, 15) is 10.2 Å². The fraction of sp³-hybridized carbons (Fsp3) is 1.00. The summed E-state index contributed by atoms with van der Waals surface area (Å²) in [7, 11) is 0. The number of aliphatic hydroxyl groups is 2. The molecule has 0 aliphatic heterocycles. The molecule has 26 heavy (non-hydrogen) atoms. The van der Waals surface area contributed by atoms with Crippen molar-refractivity contribution in [3.8, 4) is 0 Å². The zero-order valence-electron chi connectivity index (χ0n) is 17.6. The molecule has 150 valence electrons. The molecule has 2 nitrogen and oxygen atoms in total. The average Bonchev–Trinajstić information content (AvgIpc) is 2.94. The number of rotatable bonds is 3. The number of fused-ring (bicyclic) bond motifs is 5. The van der Waals surface area contributed by atoms with Crippen molar-refractivity contribution in [3.05, 3.63) is 0 Å². The van der Waals surface area contributed by atoms with Crippen molar-refractivity contribution in [1.82, 2.24) is 0 Å². The molecule has 2 N–H and O–H groups in total. The third-order valence-electron chi connectivity index (χ3n) is 10.2. The maximum atomic E-state index is 11.3. The molecule has 0 saturated heterocycles. The van der Waals surface area contributed by atoms with E-state index in [-0.39, 0.29) is 12.2 Å². The van der Waals surface area contributed by atoms with Crippen LogP contribution in [0.3, 0.4) is 0 Å². The minimum absolute atomic E-state index is 0.128. The molecule has 0 amide bonds. The fourth-order valence-electron chi connectivity index (χ4n) is 8.83. The van der Waals surface area contributed by atoms with Crippen molar-refractivity contribution in [3.63, 3.8) is 0 Å². The van der Waals surface area contributed by atoms with Gasteiger partial charge in [-0.05, 0) is 97.7 Å². The summed E-state index contributed by atoms with van der Waals surface area (Å²) < 4.78 is 0. The van der Waals surface area contributed by atoms with Gasteiger partial charge in [-0.3, -0.25) is 0 Å². The molecule has 0 aromatic carbocycles. The first-order valence-corrected chi connectivity index (χ1v) is 11.7. The highest BCUT2D eigenvalue weighted by molar-refractivity contribution is 5.11. The van der Waals surface area contributed by atoms with Gasteiger partial charge in [0, 0.05) is 0 Å². The smallest absolute Gasteiger partial charge is 0.0577 e. The molecule has 0 aromatic heterocycles. The Hall–Kier alpha value is -0.0800. The predicted molar refractivity (Wildman–Crippen MR) is 107 cm³/mol. The molecule has 4 aliphatic carbocycles. The van der Waals surface area contributed by atoms with Crippen LogP contribution in [0, 0.1) is 46.3 Å². The van der Waals surface area contributed by atoms with Crippen LogP contribution in [0.25, 0.3) is 0 Å². The summed E-state index contributed by atoms with van der Waals surface area (Å²) in [6.45, 7) is 9.92. The summed E-state index contributed by atoms with van der Waals surface area (Å²) in [6.07, 6.45) is 11.8. The van der Waals surface area contributed by atoms with Crippen molar-refractivity contribution >= 4 is 0 Å². The van der Waals surface area contributed by atoms with Gasteiger partial charge in [0.25, 0.3) is 0 Å². The molecule has 0 spiro atoms. The summed E-state index contributed by atoms with van der Waals surface area (Å²) in [6, 6.07) is 0. The number of hydrogen-bond donors (Lipinski definition) is 2. The maximum Gasteiger partial charge on any atom is 0.0577 e. The van der Waals surface area contributed by atoms with Crippen molar-refractivity contribution in [2.45, 2.75) is 104 Å². The molecule has 0 aromatic rings. The Balaban J connectivity index is 1.61. The molecule has 4 rings (SSSR count).